The standard InChI is InChI=1S/C11H22O2/c1-8(2)7-10(5-6-12)11(13)9(3)4/h8-10,12H,5-7H2,1-4H3. The van der Waals surface area contributed by atoms with Crippen LogP contribution in [0.2, 0.25) is 0 Å². The Labute approximate surface area is 81.3 Å². The van der Waals surface area contributed by atoms with Gasteiger partial charge in [0.1, 0.15) is 5.78 Å². The van der Waals surface area contributed by atoms with Gasteiger partial charge in [0.05, 0.1) is 0 Å². The molecule has 1 atom stereocenters. The van der Waals surface area contributed by atoms with Crippen LogP contribution in [0.1, 0.15) is 40.5 Å². The van der Waals surface area contributed by atoms with Gasteiger partial charge in [0.15, 0.2) is 0 Å². The number of carbonyl (C=O) groups is 1. The average Bonchev–Trinajstić information content (AvgIpc) is 2.01. The Morgan fingerprint density at radius 2 is 1.77 bits per heavy atom. The van der Waals surface area contributed by atoms with Crippen LogP contribution in [-0.4, -0.2) is 17.5 Å². The van der Waals surface area contributed by atoms with Crippen LogP contribution in [0.25, 0.3) is 0 Å². The molecule has 0 aromatic heterocycles. The number of Topliss-reactive ketones (excluding diaryl/α,β-unsaturated/α-hetero) is 1. The quantitative estimate of drug-likeness (QED) is 0.691. The molecule has 0 saturated carbocycles. The second-order valence-corrected chi connectivity index (χ2v) is 4.40. The minimum Gasteiger partial charge on any atom is -0.396 e. The van der Waals surface area contributed by atoms with Crippen molar-refractivity contribution in [2.45, 2.75) is 40.5 Å². The fourth-order valence-corrected chi connectivity index (χ4v) is 1.57. The van der Waals surface area contributed by atoms with E-state index in [4.69, 9.17) is 5.11 Å². The molecular weight excluding hydrogens is 164 g/mol. The Balaban J connectivity index is 4.15. The highest BCUT2D eigenvalue weighted by Crippen LogP contribution is 2.19. The first-order chi connectivity index (χ1) is 5.99. The zero-order chi connectivity index (χ0) is 10.4. The van der Waals surface area contributed by atoms with Gasteiger partial charge >= 0.3 is 0 Å². The Kier molecular flexibility index (Phi) is 5.97. The van der Waals surface area contributed by atoms with Gasteiger partial charge in [-0.3, -0.25) is 4.79 Å². The summed E-state index contributed by atoms with van der Waals surface area (Å²) in [5.41, 5.74) is 0. The molecule has 0 heterocycles. The SMILES string of the molecule is CC(C)CC(CCO)C(=O)C(C)C. The van der Waals surface area contributed by atoms with Crippen LogP contribution >= 0.6 is 0 Å². The first kappa shape index (κ1) is 12.6. The maximum absolute atomic E-state index is 11.7. The van der Waals surface area contributed by atoms with Crippen molar-refractivity contribution >= 4 is 5.78 Å². The third-order valence-corrected chi connectivity index (χ3v) is 2.20. The van der Waals surface area contributed by atoms with E-state index >= 15 is 0 Å². The monoisotopic (exact) mass is 186 g/mol. The second kappa shape index (κ2) is 6.14. The van der Waals surface area contributed by atoms with E-state index in [-0.39, 0.29) is 18.4 Å². The molecule has 0 aromatic rings. The van der Waals surface area contributed by atoms with Crippen molar-refractivity contribution in [2.24, 2.45) is 17.8 Å². The van der Waals surface area contributed by atoms with E-state index < -0.39 is 0 Å². The van der Waals surface area contributed by atoms with Crippen molar-refractivity contribution < 1.29 is 9.90 Å². The van der Waals surface area contributed by atoms with Gasteiger partial charge in [-0.2, -0.15) is 0 Å². The first-order valence-electron chi connectivity index (χ1n) is 5.13. The fraction of sp³-hybridized carbons (Fsp3) is 0.909. The summed E-state index contributed by atoms with van der Waals surface area (Å²) >= 11 is 0. The number of hydrogen-bond acceptors (Lipinski definition) is 2. The lowest BCUT2D eigenvalue weighted by atomic mass is 9.86. The Hall–Kier alpha value is -0.370. The normalized spacial score (nSPS) is 13.8. The Morgan fingerprint density at radius 3 is 2.08 bits per heavy atom. The van der Waals surface area contributed by atoms with Crippen LogP contribution in [0.3, 0.4) is 0 Å². The molecule has 78 valence electrons. The summed E-state index contributed by atoms with van der Waals surface area (Å²) in [7, 11) is 0. The van der Waals surface area contributed by atoms with Gasteiger partial charge < -0.3 is 5.11 Å². The molecule has 0 aliphatic carbocycles. The molecule has 0 aromatic carbocycles. The molecule has 0 aliphatic rings. The van der Waals surface area contributed by atoms with E-state index in [9.17, 15) is 4.79 Å². The summed E-state index contributed by atoms with van der Waals surface area (Å²) in [6.07, 6.45) is 1.52. The highest BCUT2D eigenvalue weighted by Gasteiger charge is 2.21. The van der Waals surface area contributed by atoms with Crippen LogP contribution in [0.5, 0.6) is 0 Å². The zero-order valence-corrected chi connectivity index (χ0v) is 9.21. The number of aliphatic hydroxyl groups is 1. The summed E-state index contributed by atoms with van der Waals surface area (Å²) in [5, 5.41) is 8.83. The van der Waals surface area contributed by atoms with Crippen LogP contribution < -0.4 is 0 Å². The molecule has 0 spiro atoms. The van der Waals surface area contributed by atoms with Crippen molar-refractivity contribution in [1.82, 2.24) is 0 Å². The predicted octanol–water partition coefficient (Wildman–Crippen LogP) is 2.26. The predicted molar refractivity (Wildman–Crippen MR) is 54.5 cm³/mol. The Morgan fingerprint density at radius 1 is 1.23 bits per heavy atom. The molecule has 0 aliphatic heterocycles. The summed E-state index contributed by atoms with van der Waals surface area (Å²) < 4.78 is 0. The third kappa shape index (κ3) is 5.04. The molecular formula is C11H22O2. The van der Waals surface area contributed by atoms with Gasteiger partial charge in [-0.05, 0) is 18.8 Å². The van der Waals surface area contributed by atoms with E-state index in [0.29, 0.717) is 18.1 Å². The van der Waals surface area contributed by atoms with Crippen LogP contribution in [0, 0.1) is 17.8 Å². The fourth-order valence-electron chi connectivity index (χ4n) is 1.57. The van der Waals surface area contributed by atoms with Crippen LogP contribution in [-0.2, 0) is 4.79 Å². The minimum absolute atomic E-state index is 0.0602. The lowest BCUT2D eigenvalue weighted by molar-refractivity contribution is -0.126. The first-order valence-corrected chi connectivity index (χ1v) is 5.13. The summed E-state index contributed by atoms with van der Waals surface area (Å²) in [4.78, 5) is 11.7. The Bertz CT molecular complexity index is 150. The van der Waals surface area contributed by atoms with Gasteiger partial charge in [-0.15, -0.1) is 0 Å². The lowest BCUT2D eigenvalue weighted by Gasteiger charge is -2.18. The number of carbonyl (C=O) groups excluding carboxylic acids is 1. The van der Waals surface area contributed by atoms with Crippen LogP contribution in [0.4, 0.5) is 0 Å². The largest absolute Gasteiger partial charge is 0.396 e. The summed E-state index contributed by atoms with van der Waals surface area (Å²) in [5.74, 6) is 0.974. The van der Waals surface area contributed by atoms with E-state index in [1.165, 1.54) is 0 Å². The average molecular weight is 186 g/mol. The van der Waals surface area contributed by atoms with Gasteiger partial charge in [-0.1, -0.05) is 27.7 Å². The van der Waals surface area contributed by atoms with Crippen molar-refractivity contribution in [1.29, 1.82) is 0 Å². The molecule has 2 heteroatoms. The molecule has 0 bridgehead atoms. The maximum Gasteiger partial charge on any atom is 0.138 e. The molecule has 0 fully saturated rings. The zero-order valence-electron chi connectivity index (χ0n) is 9.21. The molecule has 0 radical (unpaired) electrons. The highest BCUT2D eigenvalue weighted by molar-refractivity contribution is 5.82. The van der Waals surface area contributed by atoms with E-state index in [0.717, 1.165) is 6.42 Å². The molecule has 0 saturated heterocycles. The van der Waals surface area contributed by atoms with Gasteiger partial charge in [0.2, 0.25) is 0 Å². The minimum atomic E-state index is 0.0602. The van der Waals surface area contributed by atoms with Gasteiger partial charge in [0, 0.05) is 18.4 Å². The van der Waals surface area contributed by atoms with Crippen LogP contribution in [0.15, 0.2) is 0 Å². The van der Waals surface area contributed by atoms with E-state index in [1.54, 1.807) is 0 Å². The molecule has 13 heavy (non-hydrogen) atoms. The van der Waals surface area contributed by atoms with E-state index in [2.05, 4.69) is 13.8 Å². The smallest absolute Gasteiger partial charge is 0.138 e. The second-order valence-electron chi connectivity index (χ2n) is 4.40. The van der Waals surface area contributed by atoms with Gasteiger partial charge in [-0.25, -0.2) is 0 Å². The molecule has 1 N–H and O–H groups in total. The molecule has 2 nitrogen and oxygen atoms in total. The summed E-state index contributed by atoms with van der Waals surface area (Å²) in [6.45, 7) is 8.19. The van der Waals surface area contributed by atoms with Crippen molar-refractivity contribution in [3.63, 3.8) is 0 Å². The molecule has 1 unspecified atom stereocenters. The molecule has 0 rings (SSSR count). The maximum atomic E-state index is 11.7. The number of rotatable bonds is 6. The van der Waals surface area contributed by atoms with Crippen molar-refractivity contribution in [3.8, 4) is 0 Å². The topological polar surface area (TPSA) is 37.3 Å². The highest BCUT2D eigenvalue weighted by atomic mass is 16.3. The van der Waals surface area contributed by atoms with Crippen molar-refractivity contribution in [2.75, 3.05) is 6.61 Å². The van der Waals surface area contributed by atoms with Crippen molar-refractivity contribution in [3.05, 3.63) is 0 Å². The number of aliphatic hydroxyl groups excluding tert-OH is 1. The van der Waals surface area contributed by atoms with Gasteiger partial charge in [0.25, 0.3) is 0 Å². The number of ketones is 1. The summed E-state index contributed by atoms with van der Waals surface area (Å²) in [6, 6.07) is 0. The molecule has 0 amide bonds. The lowest BCUT2D eigenvalue weighted by Crippen LogP contribution is -2.22. The third-order valence-electron chi connectivity index (χ3n) is 2.20. The van der Waals surface area contributed by atoms with E-state index in [1.807, 2.05) is 13.8 Å². The number of hydrogen-bond donors (Lipinski definition) is 1.